The van der Waals surface area contributed by atoms with Crippen LogP contribution in [0.1, 0.15) is 51.2 Å². The molecule has 0 fully saturated rings. The third kappa shape index (κ3) is 5.88. The lowest BCUT2D eigenvalue weighted by molar-refractivity contribution is -0.141. The van der Waals surface area contributed by atoms with E-state index in [1.807, 2.05) is 20.8 Å². The summed E-state index contributed by atoms with van der Waals surface area (Å²) in [4.78, 5) is 16.5. The third-order valence-electron chi connectivity index (χ3n) is 4.96. The number of halogens is 4. The average molecular weight is 454 g/mol. The topological polar surface area (TPSA) is 51.9 Å². The molecular formula is C23H26F4N2O3. The minimum Gasteiger partial charge on any atom is -0.462 e. The molecule has 9 heteroatoms. The second kappa shape index (κ2) is 9.74. The lowest BCUT2D eigenvalue weighted by Crippen LogP contribution is -2.32. The number of dihydropyridines is 1. The van der Waals surface area contributed by atoms with Crippen molar-refractivity contribution in [3.05, 3.63) is 69.2 Å². The summed E-state index contributed by atoms with van der Waals surface area (Å²) in [5.74, 6) is -3.32. The molecule has 1 aromatic rings. The molecule has 0 saturated carbocycles. The van der Waals surface area contributed by atoms with Crippen LogP contribution in [0.3, 0.4) is 0 Å². The zero-order chi connectivity index (χ0) is 24.3. The fraction of sp³-hybridized carbons (Fsp3) is 0.478. The smallest absolute Gasteiger partial charge is 0.416 e. The van der Waals surface area contributed by atoms with Crippen LogP contribution in [0.25, 0.3) is 4.85 Å². The Morgan fingerprint density at radius 2 is 1.91 bits per heavy atom. The number of carbonyl (C=O) groups excluding carboxylic acids is 1. The standard InChI is InChI=1S/C23H26F4N2O3/c1-13-20(28-5)18(15-8-7-14(24)11-16(15)23(25,26)27)19(17(29-13)12-31-6)21(30)32-10-9-22(2,3)4/h7-8,11,18,29H,9-10,12H2,1-4,6H3. The van der Waals surface area contributed by atoms with Crippen LogP contribution in [0.4, 0.5) is 17.6 Å². The van der Waals surface area contributed by atoms with Crippen molar-refractivity contribution in [1.29, 1.82) is 0 Å². The van der Waals surface area contributed by atoms with Gasteiger partial charge in [0.2, 0.25) is 0 Å². The number of nitrogens with zero attached hydrogens (tertiary/aromatic N) is 1. The Bertz CT molecular complexity index is 982. The number of ether oxygens (including phenoxy) is 2. The van der Waals surface area contributed by atoms with Gasteiger partial charge in [0.25, 0.3) is 0 Å². The van der Waals surface area contributed by atoms with Crippen molar-refractivity contribution in [2.75, 3.05) is 20.3 Å². The highest BCUT2D eigenvalue weighted by Gasteiger charge is 2.42. The van der Waals surface area contributed by atoms with Crippen LogP contribution >= 0.6 is 0 Å². The van der Waals surface area contributed by atoms with Gasteiger partial charge in [-0.05, 0) is 36.5 Å². The van der Waals surface area contributed by atoms with Gasteiger partial charge in [0.15, 0.2) is 5.70 Å². The molecule has 1 aliphatic rings. The molecule has 1 atom stereocenters. The molecule has 0 aliphatic carbocycles. The van der Waals surface area contributed by atoms with E-state index in [9.17, 15) is 22.4 Å². The summed E-state index contributed by atoms with van der Waals surface area (Å²) in [5, 5.41) is 2.89. The van der Waals surface area contributed by atoms with Gasteiger partial charge in [0.1, 0.15) is 5.82 Å². The van der Waals surface area contributed by atoms with Crippen molar-refractivity contribution in [1.82, 2.24) is 5.32 Å². The lowest BCUT2D eigenvalue weighted by Gasteiger charge is -2.31. The highest BCUT2D eigenvalue weighted by Crippen LogP contribution is 2.44. The molecule has 0 bridgehead atoms. The van der Waals surface area contributed by atoms with Gasteiger partial charge in [0.05, 0.1) is 42.5 Å². The first-order valence-corrected chi connectivity index (χ1v) is 9.91. The molecule has 0 saturated heterocycles. The number of hydrogen-bond donors (Lipinski definition) is 1. The van der Waals surface area contributed by atoms with Crippen LogP contribution in [-0.4, -0.2) is 26.3 Å². The Morgan fingerprint density at radius 3 is 2.44 bits per heavy atom. The maximum absolute atomic E-state index is 13.8. The lowest BCUT2D eigenvalue weighted by atomic mass is 9.81. The molecule has 5 nitrogen and oxygen atoms in total. The van der Waals surface area contributed by atoms with Gasteiger partial charge in [-0.25, -0.2) is 14.0 Å². The van der Waals surface area contributed by atoms with E-state index in [2.05, 4.69) is 10.2 Å². The van der Waals surface area contributed by atoms with Crippen LogP contribution in [0, 0.1) is 17.8 Å². The summed E-state index contributed by atoms with van der Waals surface area (Å²) >= 11 is 0. The molecule has 1 aliphatic heterocycles. The number of hydrogen-bond acceptors (Lipinski definition) is 4. The Labute approximate surface area is 184 Å². The largest absolute Gasteiger partial charge is 0.462 e. The molecule has 32 heavy (non-hydrogen) atoms. The van der Waals surface area contributed by atoms with E-state index in [4.69, 9.17) is 16.0 Å². The molecule has 1 N–H and O–H groups in total. The van der Waals surface area contributed by atoms with E-state index >= 15 is 0 Å². The highest BCUT2D eigenvalue weighted by molar-refractivity contribution is 5.93. The van der Waals surface area contributed by atoms with Crippen LogP contribution in [0.2, 0.25) is 0 Å². The number of methoxy groups -OCH3 is 1. The second-order valence-corrected chi connectivity index (χ2v) is 8.68. The van der Waals surface area contributed by atoms with Crippen molar-refractivity contribution in [2.45, 2.75) is 46.2 Å². The first-order valence-electron chi connectivity index (χ1n) is 9.91. The van der Waals surface area contributed by atoms with E-state index in [1.165, 1.54) is 14.0 Å². The van der Waals surface area contributed by atoms with Crippen molar-refractivity contribution >= 4 is 5.97 Å². The summed E-state index contributed by atoms with van der Waals surface area (Å²) in [6.07, 6.45) is -4.37. The Hall–Kier alpha value is -2.86. The van der Waals surface area contributed by atoms with Crippen LogP contribution in [-0.2, 0) is 20.4 Å². The van der Waals surface area contributed by atoms with E-state index in [0.29, 0.717) is 12.5 Å². The van der Waals surface area contributed by atoms with Crippen LogP contribution in [0.5, 0.6) is 0 Å². The Kier molecular flexibility index (Phi) is 7.73. The minimum absolute atomic E-state index is 0.0460. The van der Waals surface area contributed by atoms with Crippen molar-refractivity contribution in [2.24, 2.45) is 5.41 Å². The van der Waals surface area contributed by atoms with E-state index < -0.39 is 35.0 Å². The molecule has 1 unspecified atom stereocenters. The van der Waals surface area contributed by atoms with E-state index in [-0.39, 0.29) is 41.3 Å². The van der Waals surface area contributed by atoms with Gasteiger partial charge in [-0.2, -0.15) is 13.2 Å². The first-order chi connectivity index (χ1) is 14.8. The molecule has 1 aromatic carbocycles. The summed E-state index contributed by atoms with van der Waals surface area (Å²) in [6.45, 7) is 14.9. The van der Waals surface area contributed by atoms with Crippen molar-refractivity contribution < 1.29 is 31.8 Å². The molecule has 0 radical (unpaired) electrons. The van der Waals surface area contributed by atoms with Gasteiger partial charge in [-0.3, -0.25) is 0 Å². The SMILES string of the molecule is [C-]#[N+]C1=C(C)NC(COC)=C(C(=O)OCCC(C)(C)C)C1c1ccc(F)cc1C(F)(F)F. The van der Waals surface area contributed by atoms with Gasteiger partial charge in [-0.1, -0.05) is 26.8 Å². The number of alkyl halides is 3. The van der Waals surface area contributed by atoms with Gasteiger partial charge < -0.3 is 14.8 Å². The van der Waals surface area contributed by atoms with Gasteiger partial charge in [0, 0.05) is 12.8 Å². The average Bonchev–Trinajstić information content (AvgIpc) is 2.66. The predicted molar refractivity (Wildman–Crippen MR) is 111 cm³/mol. The Balaban J connectivity index is 2.68. The summed E-state index contributed by atoms with van der Waals surface area (Å²) in [7, 11) is 1.37. The third-order valence-corrected chi connectivity index (χ3v) is 4.96. The van der Waals surface area contributed by atoms with Crippen LogP contribution < -0.4 is 5.32 Å². The number of benzene rings is 1. The number of esters is 1. The van der Waals surface area contributed by atoms with E-state index in [1.54, 1.807) is 0 Å². The summed E-state index contributed by atoms with van der Waals surface area (Å²) < 4.78 is 65.6. The predicted octanol–water partition coefficient (Wildman–Crippen LogP) is 5.56. The van der Waals surface area contributed by atoms with Crippen LogP contribution in [0.15, 0.2) is 40.9 Å². The fourth-order valence-electron chi connectivity index (χ4n) is 3.39. The molecule has 0 aromatic heterocycles. The summed E-state index contributed by atoms with van der Waals surface area (Å²) in [6, 6.07) is 2.20. The highest BCUT2D eigenvalue weighted by atomic mass is 19.4. The molecule has 0 spiro atoms. The maximum Gasteiger partial charge on any atom is 0.416 e. The number of nitrogens with one attached hydrogen (secondary N) is 1. The molecule has 0 amide bonds. The second-order valence-electron chi connectivity index (χ2n) is 8.68. The molecule has 1 heterocycles. The Morgan fingerprint density at radius 1 is 1.25 bits per heavy atom. The fourth-order valence-corrected chi connectivity index (χ4v) is 3.39. The normalized spacial score (nSPS) is 17.2. The maximum atomic E-state index is 13.8. The number of carbonyl (C=O) groups is 1. The van der Waals surface area contributed by atoms with Gasteiger partial charge in [-0.15, -0.1) is 0 Å². The zero-order valence-electron chi connectivity index (χ0n) is 18.6. The number of rotatable bonds is 6. The quantitative estimate of drug-likeness (QED) is 0.347. The molecule has 2 rings (SSSR count). The zero-order valence-corrected chi connectivity index (χ0v) is 18.6. The first kappa shape index (κ1) is 25.4. The minimum atomic E-state index is -4.90. The molecular weight excluding hydrogens is 428 g/mol. The summed E-state index contributed by atoms with van der Waals surface area (Å²) in [5.41, 5.74) is -1.58. The van der Waals surface area contributed by atoms with Crippen molar-refractivity contribution in [3.8, 4) is 0 Å². The van der Waals surface area contributed by atoms with E-state index in [0.717, 1.165) is 12.1 Å². The number of allylic oxidation sites excluding steroid dienone is 2. The monoisotopic (exact) mass is 454 g/mol. The van der Waals surface area contributed by atoms with Crippen molar-refractivity contribution in [3.63, 3.8) is 0 Å². The molecule has 174 valence electrons. The van der Waals surface area contributed by atoms with Gasteiger partial charge >= 0.3 is 12.1 Å².